The minimum atomic E-state index is -1.74. The van der Waals surface area contributed by atoms with Gasteiger partial charge in [-0.15, -0.1) is 0 Å². The molecule has 1 N–H and O–H groups in total. The van der Waals surface area contributed by atoms with Crippen LogP contribution in [0, 0.1) is 5.92 Å². The van der Waals surface area contributed by atoms with Crippen molar-refractivity contribution in [3.63, 3.8) is 0 Å². The van der Waals surface area contributed by atoms with Gasteiger partial charge in [0.25, 0.3) is 0 Å². The van der Waals surface area contributed by atoms with E-state index in [1.807, 2.05) is 37.3 Å². The molecule has 7 heteroatoms. The zero-order valence-corrected chi connectivity index (χ0v) is 23.0. The molecule has 1 saturated heterocycles. The van der Waals surface area contributed by atoms with E-state index in [4.69, 9.17) is 9.16 Å². The van der Waals surface area contributed by atoms with Gasteiger partial charge in [0.2, 0.25) is 5.91 Å². The minimum Gasteiger partial charge on any atom is -0.447 e. The largest absolute Gasteiger partial charge is 0.447 e. The number of aliphatic hydroxyl groups is 1. The molecule has 1 aliphatic heterocycles. The van der Waals surface area contributed by atoms with Crippen LogP contribution in [-0.2, 0) is 20.4 Å². The lowest BCUT2D eigenvalue weighted by atomic mass is 9.95. The number of cyclic esters (lactones) is 1. The monoisotopic (exact) mass is 489 g/mol. The number of ether oxygens (including phenoxy) is 1. The predicted octanol–water partition coefficient (Wildman–Crippen LogP) is 5.71. The van der Waals surface area contributed by atoms with Gasteiger partial charge in [0, 0.05) is 6.61 Å². The summed E-state index contributed by atoms with van der Waals surface area (Å²) in [5.41, 5.74) is 2.20. The maximum Gasteiger partial charge on any atom is 0.416 e. The first-order chi connectivity index (χ1) is 15.8. The summed E-state index contributed by atoms with van der Waals surface area (Å²) in [6, 6.07) is 9.38. The third-order valence-electron chi connectivity index (χ3n) is 7.19. The Bertz CT molecular complexity index is 846. The van der Waals surface area contributed by atoms with E-state index in [0.29, 0.717) is 25.9 Å². The number of hydrogen-bond acceptors (Lipinski definition) is 5. The van der Waals surface area contributed by atoms with Gasteiger partial charge in [0.05, 0.1) is 18.1 Å². The fourth-order valence-corrected chi connectivity index (χ4v) is 4.78. The van der Waals surface area contributed by atoms with Crippen molar-refractivity contribution in [2.24, 2.45) is 5.92 Å². The Labute approximate surface area is 206 Å². The molecule has 1 aromatic rings. The molecule has 190 valence electrons. The summed E-state index contributed by atoms with van der Waals surface area (Å²) >= 11 is 0. The van der Waals surface area contributed by atoms with Crippen molar-refractivity contribution in [3.8, 4) is 0 Å². The van der Waals surface area contributed by atoms with Gasteiger partial charge in [0.1, 0.15) is 6.61 Å². The van der Waals surface area contributed by atoms with Crippen molar-refractivity contribution in [2.45, 2.75) is 90.6 Å². The molecular formula is C27H43NO5Si. The third kappa shape index (κ3) is 7.78. The number of aliphatic hydroxyl groups excluding tert-OH is 1. The molecular weight excluding hydrogens is 446 g/mol. The first-order valence-corrected chi connectivity index (χ1v) is 15.3. The summed E-state index contributed by atoms with van der Waals surface area (Å²) < 4.78 is 11.4. The number of benzene rings is 1. The molecule has 0 radical (unpaired) electrons. The number of nitrogens with zero attached hydrogens (tertiary/aromatic N) is 1. The fourth-order valence-electron chi connectivity index (χ4n) is 3.71. The standard InChI is InChI=1S/C27H43NO5Si/c1-20(12-11-17-33-34(6,7)27(3,4)5)15-16-24(29)21(2)25(30)28-23(19-32-26(28)31)18-22-13-9-8-10-14-22/h8-10,12-14,21,23-24,29H,11,15-19H2,1-7H3/b20-12+/t21-,23-,24+/m1/s1. The first kappa shape index (κ1) is 28.3. The summed E-state index contributed by atoms with van der Waals surface area (Å²) in [7, 11) is -1.74. The second-order valence-electron chi connectivity index (χ2n) is 11.0. The predicted molar refractivity (Wildman–Crippen MR) is 138 cm³/mol. The molecule has 3 atom stereocenters. The maximum atomic E-state index is 13.1. The Balaban J connectivity index is 1.84. The van der Waals surface area contributed by atoms with Crippen LogP contribution >= 0.6 is 0 Å². The van der Waals surface area contributed by atoms with Crippen molar-refractivity contribution in [1.82, 2.24) is 4.90 Å². The zero-order valence-electron chi connectivity index (χ0n) is 22.0. The Morgan fingerprint density at radius 1 is 1.29 bits per heavy atom. The molecule has 2 rings (SSSR count). The molecule has 1 aliphatic rings. The highest BCUT2D eigenvalue weighted by Gasteiger charge is 2.41. The Kier molecular flexibility index (Phi) is 10.1. The number of amides is 2. The van der Waals surface area contributed by atoms with Crippen LogP contribution in [0.25, 0.3) is 0 Å². The van der Waals surface area contributed by atoms with E-state index in [9.17, 15) is 14.7 Å². The number of hydrogen-bond donors (Lipinski definition) is 1. The summed E-state index contributed by atoms with van der Waals surface area (Å²) in [5.74, 6) is -1.06. The molecule has 1 fully saturated rings. The van der Waals surface area contributed by atoms with Crippen molar-refractivity contribution in [1.29, 1.82) is 0 Å². The van der Waals surface area contributed by atoms with E-state index in [1.165, 1.54) is 10.5 Å². The van der Waals surface area contributed by atoms with E-state index in [1.54, 1.807) is 6.92 Å². The fraction of sp³-hybridized carbons (Fsp3) is 0.630. The molecule has 0 unspecified atom stereocenters. The number of allylic oxidation sites excluding steroid dienone is 1. The molecule has 0 aromatic heterocycles. The van der Waals surface area contributed by atoms with E-state index in [0.717, 1.165) is 12.0 Å². The number of rotatable bonds is 11. The molecule has 0 saturated carbocycles. The summed E-state index contributed by atoms with van der Waals surface area (Å²) in [6.45, 7) is 15.8. The van der Waals surface area contributed by atoms with Gasteiger partial charge >= 0.3 is 6.09 Å². The van der Waals surface area contributed by atoms with Gasteiger partial charge in [0.15, 0.2) is 8.32 Å². The number of carbonyl (C=O) groups excluding carboxylic acids is 2. The minimum absolute atomic E-state index is 0.182. The van der Waals surface area contributed by atoms with Gasteiger partial charge in [-0.05, 0) is 56.3 Å². The molecule has 34 heavy (non-hydrogen) atoms. The van der Waals surface area contributed by atoms with Crippen LogP contribution < -0.4 is 0 Å². The molecule has 1 heterocycles. The quantitative estimate of drug-likeness (QED) is 0.245. The van der Waals surface area contributed by atoms with Crippen LogP contribution in [0.2, 0.25) is 18.1 Å². The smallest absolute Gasteiger partial charge is 0.416 e. The van der Waals surface area contributed by atoms with Crippen LogP contribution in [0.1, 0.15) is 59.4 Å². The Hall–Kier alpha value is -1.96. The van der Waals surface area contributed by atoms with Gasteiger partial charge in [-0.25, -0.2) is 9.69 Å². The molecule has 1 aromatic carbocycles. The lowest BCUT2D eigenvalue weighted by Gasteiger charge is -2.36. The van der Waals surface area contributed by atoms with Crippen molar-refractivity contribution < 1.29 is 23.9 Å². The summed E-state index contributed by atoms with van der Waals surface area (Å²) in [6.07, 6.45) is 3.23. The highest BCUT2D eigenvalue weighted by Crippen LogP contribution is 2.36. The normalized spacial score (nSPS) is 19.2. The van der Waals surface area contributed by atoms with Crippen LogP contribution in [0.15, 0.2) is 42.0 Å². The van der Waals surface area contributed by atoms with E-state index in [2.05, 4.69) is 39.9 Å². The topological polar surface area (TPSA) is 76.1 Å². The zero-order chi connectivity index (χ0) is 25.5. The third-order valence-corrected chi connectivity index (χ3v) is 11.7. The summed E-state index contributed by atoms with van der Waals surface area (Å²) in [5, 5.41) is 10.9. The maximum absolute atomic E-state index is 13.1. The molecule has 0 bridgehead atoms. The molecule has 0 spiro atoms. The van der Waals surface area contributed by atoms with Gasteiger partial charge in [-0.3, -0.25) is 4.79 Å². The lowest BCUT2D eigenvalue weighted by Crippen LogP contribution is -2.45. The summed E-state index contributed by atoms with van der Waals surface area (Å²) in [4.78, 5) is 26.5. The lowest BCUT2D eigenvalue weighted by molar-refractivity contribution is -0.136. The van der Waals surface area contributed by atoms with Crippen molar-refractivity contribution in [2.75, 3.05) is 13.2 Å². The van der Waals surface area contributed by atoms with Crippen LogP contribution in [0.5, 0.6) is 0 Å². The second-order valence-corrected chi connectivity index (χ2v) is 15.8. The average Bonchev–Trinajstić information content (AvgIpc) is 3.13. The molecule has 6 nitrogen and oxygen atoms in total. The van der Waals surface area contributed by atoms with Crippen molar-refractivity contribution >= 4 is 20.3 Å². The highest BCUT2D eigenvalue weighted by atomic mass is 28.4. The van der Waals surface area contributed by atoms with Crippen molar-refractivity contribution in [3.05, 3.63) is 47.5 Å². The van der Waals surface area contributed by atoms with E-state index < -0.39 is 26.4 Å². The van der Waals surface area contributed by atoms with Crippen LogP contribution in [0.3, 0.4) is 0 Å². The van der Waals surface area contributed by atoms with E-state index >= 15 is 0 Å². The van der Waals surface area contributed by atoms with Gasteiger partial charge < -0.3 is 14.3 Å². The average molecular weight is 490 g/mol. The number of carbonyl (C=O) groups is 2. The van der Waals surface area contributed by atoms with Crippen LogP contribution in [0.4, 0.5) is 4.79 Å². The molecule has 2 amide bonds. The van der Waals surface area contributed by atoms with Gasteiger partial charge in [-0.2, -0.15) is 0 Å². The Morgan fingerprint density at radius 2 is 1.94 bits per heavy atom. The molecule has 0 aliphatic carbocycles. The second kappa shape index (κ2) is 12.1. The Morgan fingerprint density at radius 3 is 2.56 bits per heavy atom. The number of imide groups is 1. The van der Waals surface area contributed by atoms with Gasteiger partial charge in [-0.1, -0.05) is 69.7 Å². The first-order valence-electron chi connectivity index (χ1n) is 12.3. The van der Waals surface area contributed by atoms with E-state index in [-0.39, 0.29) is 23.6 Å². The SMILES string of the molecule is C/C(=C\CCO[Si](C)(C)C(C)(C)C)CC[C@H](O)[C@@H](C)C(=O)N1C(=O)OC[C@H]1Cc1ccccc1. The highest BCUT2D eigenvalue weighted by molar-refractivity contribution is 6.74. The van der Waals surface area contributed by atoms with Crippen LogP contribution in [-0.4, -0.2) is 55.7 Å².